The highest BCUT2D eigenvalue weighted by atomic mass is 16.5. The molecule has 6 nitrogen and oxygen atoms in total. The Kier molecular flexibility index (Phi) is 7.79. The number of aliphatic imine (C=N–C) groups is 1. The minimum absolute atomic E-state index is 0.187. The second kappa shape index (κ2) is 10.1. The van der Waals surface area contributed by atoms with Gasteiger partial charge in [0.1, 0.15) is 0 Å². The number of hydrogen-bond donors (Lipinski definition) is 3. The van der Waals surface area contributed by atoms with Crippen molar-refractivity contribution in [2.75, 3.05) is 45.9 Å². The SMILES string of the molecule is CCNC(=NCC1(N2CCOCC2)CCCCC1)NCC1(O)CCCCC1. The Morgan fingerprint density at radius 2 is 1.59 bits per heavy atom. The molecule has 3 aliphatic rings. The molecule has 0 spiro atoms. The summed E-state index contributed by atoms with van der Waals surface area (Å²) in [5.41, 5.74) is -0.382. The number of guanidine groups is 1. The van der Waals surface area contributed by atoms with Gasteiger partial charge in [0.15, 0.2) is 5.96 Å². The summed E-state index contributed by atoms with van der Waals surface area (Å²) in [5, 5.41) is 17.6. The molecular weight excluding hydrogens is 340 g/mol. The van der Waals surface area contributed by atoms with E-state index in [2.05, 4.69) is 22.5 Å². The van der Waals surface area contributed by atoms with Crippen molar-refractivity contribution < 1.29 is 9.84 Å². The second-order valence-corrected chi connectivity index (χ2v) is 8.72. The van der Waals surface area contributed by atoms with Crippen LogP contribution >= 0.6 is 0 Å². The molecule has 3 rings (SSSR count). The van der Waals surface area contributed by atoms with Crippen LogP contribution in [0.5, 0.6) is 0 Å². The van der Waals surface area contributed by atoms with E-state index >= 15 is 0 Å². The zero-order chi connectivity index (χ0) is 19.0. The summed E-state index contributed by atoms with van der Waals surface area (Å²) >= 11 is 0. The number of nitrogens with one attached hydrogen (secondary N) is 2. The van der Waals surface area contributed by atoms with E-state index in [9.17, 15) is 5.11 Å². The summed E-state index contributed by atoms with van der Waals surface area (Å²) in [7, 11) is 0. The third-order valence-corrected chi connectivity index (χ3v) is 6.71. The van der Waals surface area contributed by atoms with Crippen LogP contribution < -0.4 is 10.6 Å². The van der Waals surface area contributed by atoms with E-state index in [1.807, 2.05) is 0 Å². The average molecular weight is 381 g/mol. The first-order chi connectivity index (χ1) is 13.2. The summed E-state index contributed by atoms with van der Waals surface area (Å²) in [6.45, 7) is 8.12. The fourth-order valence-electron chi connectivity index (χ4n) is 5.02. The first-order valence-electron chi connectivity index (χ1n) is 11.2. The smallest absolute Gasteiger partial charge is 0.191 e. The van der Waals surface area contributed by atoms with Gasteiger partial charge in [-0.25, -0.2) is 0 Å². The van der Waals surface area contributed by atoms with Gasteiger partial charge in [-0.3, -0.25) is 9.89 Å². The summed E-state index contributed by atoms with van der Waals surface area (Å²) < 4.78 is 5.59. The van der Waals surface area contributed by atoms with Crippen molar-refractivity contribution in [1.29, 1.82) is 0 Å². The van der Waals surface area contributed by atoms with E-state index in [-0.39, 0.29) is 5.54 Å². The van der Waals surface area contributed by atoms with Crippen LogP contribution in [0.15, 0.2) is 4.99 Å². The molecule has 156 valence electrons. The van der Waals surface area contributed by atoms with Gasteiger partial charge in [-0.05, 0) is 32.6 Å². The van der Waals surface area contributed by atoms with Crippen LogP contribution in [0.4, 0.5) is 0 Å². The minimum Gasteiger partial charge on any atom is -0.388 e. The fourth-order valence-corrected chi connectivity index (χ4v) is 5.02. The van der Waals surface area contributed by atoms with Gasteiger partial charge in [0, 0.05) is 31.7 Å². The van der Waals surface area contributed by atoms with Crippen molar-refractivity contribution in [1.82, 2.24) is 15.5 Å². The van der Waals surface area contributed by atoms with Crippen molar-refractivity contribution in [3.05, 3.63) is 0 Å². The predicted molar refractivity (Wildman–Crippen MR) is 110 cm³/mol. The number of rotatable bonds is 6. The zero-order valence-electron chi connectivity index (χ0n) is 17.3. The average Bonchev–Trinajstić information content (AvgIpc) is 2.72. The first kappa shape index (κ1) is 20.9. The number of nitrogens with zero attached hydrogens (tertiary/aromatic N) is 2. The lowest BCUT2D eigenvalue weighted by molar-refractivity contribution is -0.0333. The quantitative estimate of drug-likeness (QED) is 0.487. The molecule has 2 aliphatic carbocycles. The molecule has 3 fully saturated rings. The minimum atomic E-state index is -0.568. The van der Waals surface area contributed by atoms with Crippen molar-refractivity contribution in [2.45, 2.75) is 82.3 Å². The van der Waals surface area contributed by atoms with Gasteiger partial charge >= 0.3 is 0 Å². The van der Waals surface area contributed by atoms with E-state index in [4.69, 9.17) is 9.73 Å². The monoisotopic (exact) mass is 380 g/mol. The van der Waals surface area contributed by atoms with Gasteiger partial charge in [-0.2, -0.15) is 0 Å². The highest BCUT2D eigenvalue weighted by Crippen LogP contribution is 2.34. The molecule has 0 bridgehead atoms. The van der Waals surface area contributed by atoms with Crippen molar-refractivity contribution in [3.63, 3.8) is 0 Å². The molecule has 0 radical (unpaired) electrons. The van der Waals surface area contributed by atoms with Crippen molar-refractivity contribution >= 4 is 5.96 Å². The Labute approximate surface area is 165 Å². The maximum Gasteiger partial charge on any atom is 0.191 e. The number of ether oxygens (including phenoxy) is 1. The van der Waals surface area contributed by atoms with Crippen LogP contribution in [-0.4, -0.2) is 73.0 Å². The Balaban J connectivity index is 1.63. The standard InChI is InChI=1S/C21H40N4O2/c1-2-22-19(24-18-21(26)11-7-4-8-12-21)23-17-20(9-5-3-6-10-20)25-13-15-27-16-14-25/h26H,2-18H2,1H3,(H2,22,23,24). The molecule has 0 aromatic heterocycles. The zero-order valence-corrected chi connectivity index (χ0v) is 17.3. The fraction of sp³-hybridized carbons (Fsp3) is 0.952. The molecule has 0 aromatic carbocycles. The van der Waals surface area contributed by atoms with Crippen LogP contribution in [0.1, 0.15) is 71.1 Å². The predicted octanol–water partition coefficient (Wildman–Crippen LogP) is 2.27. The highest BCUT2D eigenvalue weighted by molar-refractivity contribution is 5.79. The maximum atomic E-state index is 10.8. The normalized spacial score (nSPS) is 26.5. The van der Waals surface area contributed by atoms with Crippen LogP contribution in [0.2, 0.25) is 0 Å². The third-order valence-electron chi connectivity index (χ3n) is 6.71. The van der Waals surface area contributed by atoms with E-state index in [0.29, 0.717) is 6.54 Å². The molecule has 0 unspecified atom stereocenters. The highest BCUT2D eigenvalue weighted by Gasteiger charge is 2.38. The third kappa shape index (κ3) is 5.81. The Morgan fingerprint density at radius 1 is 0.963 bits per heavy atom. The van der Waals surface area contributed by atoms with Crippen LogP contribution in [0.25, 0.3) is 0 Å². The lowest BCUT2D eigenvalue weighted by Gasteiger charge is -2.47. The molecule has 2 saturated carbocycles. The lowest BCUT2D eigenvalue weighted by Crippen LogP contribution is -2.57. The summed E-state index contributed by atoms with van der Waals surface area (Å²) in [6, 6.07) is 0. The Bertz CT molecular complexity index is 465. The molecule has 0 atom stereocenters. The summed E-state index contributed by atoms with van der Waals surface area (Å²) in [4.78, 5) is 7.64. The summed E-state index contributed by atoms with van der Waals surface area (Å²) in [5.74, 6) is 0.856. The van der Waals surface area contributed by atoms with Gasteiger partial charge in [-0.15, -0.1) is 0 Å². The molecule has 1 heterocycles. The number of aliphatic hydroxyl groups is 1. The summed E-state index contributed by atoms with van der Waals surface area (Å²) in [6.07, 6.45) is 11.7. The van der Waals surface area contributed by atoms with Crippen LogP contribution in [0.3, 0.4) is 0 Å². The topological polar surface area (TPSA) is 69.1 Å². The van der Waals surface area contributed by atoms with Gasteiger partial charge < -0.3 is 20.5 Å². The number of hydrogen-bond acceptors (Lipinski definition) is 4. The van der Waals surface area contributed by atoms with Gasteiger partial charge in [-0.1, -0.05) is 38.5 Å². The molecule has 1 aliphatic heterocycles. The van der Waals surface area contributed by atoms with E-state index < -0.39 is 5.60 Å². The molecule has 6 heteroatoms. The van der Waals surface area contributed by atoms with Crippen LogP contribution in [-0.2, 0) is 4.74 Å². The van der Waals surface area contributed by atoms with E-state index in [1.165, 1.54) is 38.5 Å². The lowest BCUT2D eigenvalue weighted by atomic mass is 9.80. The largest absolute Gasteiger partial charge is 0.388 e. The molecule has 0 amide bonds. The molecule has 0 aromatic rings. The molecular formula is C21H40N4O2. The Hall–Kier alpha value is -0.850. The maximum absolute atomic E-state index is 10.8. The second-order valence-electron chi connectivity index (χ2n) is 8.72. The molecule has 1 saturated heterocycles. The first-order valence-corrected chi connectivity index (χ1v) is 11.2. The number of morpholine rings is 1. The van der Waals surface area contributed by atoms with E-state index in [1.54, 1.807) is 0 Å². The van der Waals surface area contributed by atoms with Gasteiger partial charge in [0.05, 0.1) is 25.4 Å². The van der Waals surface area contributed by atoms with E-state index in [0.717, 1.165) is 71.0 Å². The van der Waals surface area contributed by atoms with Crippen molar-refractivity contribution in [3.8, 4) is 0 Å². The molecule has 27 heavy (non-hydrogen) atoms. The van der Waals surface area contributed by atoms with Crippen molar-refractivity contribution in [2.24, 2.45) is 4.99 Å². The van der Waals surface area contributed by atoms with Gasteiger partial charge in [0.25, 0.3) is 0 Å². The van der Waals surface area contributed by atoms with Gasteiger partial charge in [0.2, 0.25) is 0 Å². The Morgan fingerprint density at radius 3 is 2.22 bits per heavy atom. The van der Waals surface area contributed by atoms with Crippen LogP contribution in [0, 0.1) is 0 Å². The molecule has 3 N–H and O–H groups in total.